The standard InChI is InChI=1S/C12H14N4S2/c1-2-8(10-4-3-5-18-10)16-11-7-14-9(6-15-11)12(13)17/h3-8H,2H2,1H3,(H2,13,17)(H,15,16). The predicted molar refractivity (Wildman–Crippen MR) is 78.9 cm³/mol. The van der Waals surface area contributed by atoms with Gasteiger partial charge < -0.3 is 11.1 Å². The van der Waals surface area contributed by atoms with Crippen molar-refractivity contribution in [3.05, 3.63) is 40.5 Å². The van der Waals surface area contributed by atoms with Crippen molar-refractivity contribution in [2.45, 2.75) is 19.4 Å². The molecule has 1 unspecified atom stereocenters. The smallest absolute Gasteiger partial charge is 0.145 e. The molecule has 0 aromatic carbocycles. The van der Waals surface area contributed by atoms with E-state index in [4.69, 9.17) is 18.0 Å². The quantitative estimate of drug-likeness (QED) is 0.823. The van der Waals surface area contributed by atoms with E-state index in [0.29, 0.717) is 5.69 Å². The van der Waals surface area contributed by atoms with E-state index in [1.54, 1.807) is 23.7 Å². The molecule has 0 aliphatic rings. The van der Waals surface area contributed by atoms with E-state index in [2.05, 4.69) is 33.7 Å². The van der Waals surface area contributed by atoms with Crippen molar-refractivity contribution in [1.82, 2.24) is 9.97 Å². The highest BCUT2D eigenvalue weighted by molar-refractivity contribution is 7.80. The summed E-state index contributed by atoms with van der Waals surface area (Å²) in [7, 11) is 0. The Bertz CT molecular complexity index is 507. The molecule has 0 radical (unpaired) electrons. The zero-order valence-electron chi connectivity index (χ0n) is 9.96. The monoisotopic (exact) mass is 278 g/mol. The SMILES string of the molecule is CCC(Nc1cnc(C(N)=S)cn1)c1cccs1. The van der Waals surface area contributed by atoms with E-state index < -0.39 is 0 Å². The maximum absolute atomic E-state index is 5.48. The Morgan fingerprint density at radius 1 is 1.50 bits per heavy atom. The maximum atomic E-state index is 5.48. The van der Waals surface area contributed by atoms with Crippen LogP contribution in [0.3, 0.4) is 0 Å². The van der Waals surface area contributed by atoms with E-state index in [-0.39, 0.29) is 11.0 Å². The molecule has 3 N–H and O–H groups in total. The number of thiocarbonyl (C=S) groups is 1. The number of aromatic nitrogens is 2. The summed E-state index contributed by atoms with van der Waals surface area (Å²) in [6, 6.07) is 4.42. The van der Waals surface area contributed by atoms with Crippen molar-refractivity contribution < 1.29 is 0 Å². The molecule has 0 aliphatic heterocycles. The first-order chi connectivity index (χ1) is 8.70. The van der Waals surface area contributed by atoms with Gasteiger partial charge in [0.25, 0.3) is 0 Å². The van der Waals surface area contributed by atoms with Crippen molar-refractivity contribution >= 4 is 34.4 Å². The third-order valence-corrected chi connectivity index (χ3v) is 3.72. The Kier molecular flexibility index (Phi) is 4.22. The van der Waals surface area contributed by atoms with E-state index in [0.717, 1.165) is 12.2 Å². The summed E-state index contributed by atoms with van der Waals surface area (Å²) >= 11 is 6.57. The number of nitrogens with one attached hydrogen (secondary N) is 1. The zero-order valence-corrected chi connectivity index (χ0v) is 11.6. The molecule has 0 saturated heterocycles. The van der Waals surface area contributed by atoms with Crippen LogP contribution in [0.5, 0.6) is 0 Å². The molecule has 2 rings (SSSR count). The van der Waals surface area contributed by atoms with E-state index in [1.165, 1.54) is 4.88 Å². The summed E-state index contributed by atoms with van der Waals surface area (Å²) in [5.74, 6) is 0.732. The fourth-order valence-electron chi connectivity index (χ4n) is 1.57. The van der Waals surface area contributed by atoms with Crippen molar-refractivity contribution in [3.8, 4) is 0 Å². The van der Waals surface area contributed by atoms with Crippen LogP contribution in [0.4, 0.5) is 5.82 Å². The van der Waals surface area contributed by atoms with Gasteiger partial charge in [0.15, 0.2) is 0 Å². The fraction of sp³-hybridized carbons (Fsp3) is 0.250. The lowest BCUT2D eigenvalue weighted by atomic mass is 10.2. The second kappa shape index (κ2) is 5.88. The average Bonchev–Trinajstić information content (AvgIpc) is 2.90. The lowest BCUT2D eigenvalue weighted by molar-refractivity contribution is 0.757. The largest absolute Gasteiger partial charge is 0.388 e. The van der Waals surface area contributed by atoms with Crippen LogP contribution < -0.4 is 11.1 Å². The summed E-state index contributed by atoms with van der Waals surface area (Å²) in [5, 5.41) is 5.42. The average molecular weight is 278 g/mol. The normalized spacial score (nSPS) is 12.1. The third-order valence-electron chi connectivity index (χ3n) is 2.52. The first kappa shape index (κ1) is 12.9. The molecule has 0 spiro atoms. The van der Waals surface area contributed by atoms with Crippen molar-refractivity contribution in [3.63, 3.8) is 0 Å². The highest BCUT2D eigenvalue weighted by atomic mass is 32.1. The van der Waals surface area contributed by atoms with Gasteiger partial charge in [-0.25, -0.2) is 9.97 Å². The number of thiophene rings is 1. The molecule has 94 valence electrons. The third kappa shape index (κ3) is 3.02. The van der Waals surface area contributed by atoms with E-state index >= 15 is 0 Å². The molecule has 0 amide bonds. The Balaban J connectivity index is 2.10. The number of rotatable bonds is 5. The van der Waals surface area contributed by atoms with Crippen LogP contribution in [-0.4, -0.2) is 15.0 Å². The van der Waals surface area contributed by atoms with Gasteiger partial charge in [-0.15, -0.1) is 11.3 Å². The minimum atomic E-state index is 0.259. The number of nitrogens with zero attached hydrogens (tertiary/aromatic N) is 2. The Morgan fingerprint density at radius 3 is 2.83 bits per heavy atom. The summed E-state index contributed by atoms with van der Waals surface area (Å²) < 4.78 is 0. The van der Waals surface area contributed by atoms with Gasteiger partial charge in [0.05, 0.1) is 18.4 Å². The molecule has 1 atom stereocenters. The minimum Gasteiger partial charge on any atom is -0.388 e. The highest BCUT2D eigenvalue weighted by Gasteiger charge is 2.10. The zero-order chi connectivity index (χ0) is 13.0. The first-order valence-corrected chi connectivity index (χ1v) is 6.91. The van der Waals surface area contributed by atoms with Gasteiger partial charge in [0.1, 0.15) is 16.5 Å². The second-order valence-electron chi connectivity index (χ2n) is 3.77. The summed E-state index contributed by atoms with van der Waals surface area (Å²) in [6.07, 6.45) is 4.23. The summed E-state index contributed by atoms with van der Waals surface area (Å²) in [5.41, 5.74) is 6.02. The van der Waals surface area contributed by atoms with Gasteiger partial charge >= 0.3 is 0 Å². The lowest BCUT2D eigenvalue weighted by Crippen LogP contribution is -2.14. The summed E-state index contributed by atoms with van der Waals surface area (Å²) in [6.45, 7) is 2.13. The van der Waals surface area contributed by atoms with E-state index in [1.807, 2.05) is 6.07 Å². The number of hydrogen-bond acceptors (Lipinski definition) is 5. The first-order valence-electron chi connectivity index (χ1n) is 5.62. The molecule has 0 saturated carbocycles. The van der Waals surface area contributed by atoms with Gasteiger partial charge in [-0.05, 0) is 17.9 Å². The lowest BCUT2D eigenvalue weighted by Gasteiger charge is -2.15. The molecule has 18 heavy (non-hydrogen) atoms. The second-order valence-corrected chi connectivity index (χ2v) is 5.19. The highest BCUT2D eigenvalue weighted by Crippen LogP contribution is 2.24. The van der Waals surface area contributed by atoms with Crippen LogP contribution in [0.15, 0.2) is 29.9 Å². The van der Waals surface area contributed by atoms with Crippen LogP contribution in [-0.2, 0) is 0 Å². The van der Waals surface area contributed by atoms with Crippen molar-refractivity contribution in [2.24, 2.45) is 5.73 Å². The molecule has 6 heteroatoms. The minimum absolute atomic E-state index is 0.259. The van der Waals surface area contributed by atoms with Gasteiger partial charge in [-0.2, -0.15) is 0 Å². The molecule has 4 nitrogen and oxygen atoms in total. The summed E-state index contributed by atoms with van der Waals surface area (Å²) in [4.78, 5) is 9.97. The molecular formula is C12H14N4S2. The van der Waals surface area contributed by atoms with Crippen LogP contribution in [0.2, 0.25) is 0 Å². The van der Waals surface area contributed by atoms with Crippen LogP contribution in [0.25, 0.3) is 0 Å². The molecule has 2 heterocycles. The Morgan fingerprint density at radius 2 is 2.33 bits per heavy atom. The predicted octanol–water partition coefficient (Wildman–Crippen LogP) is 2.74. The van der Waals surface area contributed by atoms with Crippen LogP contribution >= 0.6 is 23.6 Å². The number of nitrogens with two attached hydrogens (primary N) is 1. The van der Waals surface area contributed by atoms with Crippen LogP contribution in [0.1, 0.15) is 30.0 Å². The molecule has 0 fully saturated rings. The molecular weight excluding hydrogens is 264 g/mol. The molecule has 0 bridgehead atoms. The molecule has 0 aliphatic carbocycles. The van der Waals surface area contributed by atoms with Gasteiger partial charge in [-0.3, -0.25) is 0 Å². The Labute approximate surface area is 115 Å². The topological polar surface area (TPSA) is 63.8 Å². The maximum Gasteiger partial charge on any atom is 0.145 e. The molecule has 2 aromatic rings. The fourth-order valence-corrected chi connectivity index (χ4v) is 2.54. The number of hydrogen-bond donors (Lipinski definition) is 2. The Hall–Kier alpha value is -1.53. The van der Waals surface area contributed by atoms with Crippen molar-refractivity contribution in [1.29, 1.82) is 0 Å². The van der Waals surface area contributed by atoms with E-state index in [9.17, 15) is 0 Å². The van der Waals surface area contributed by atoms with Gasteiger partial charge in [0.2, 0.25) is 0 Å². The molecule has 2 aromatic heterocycles. The number of anilines is 1. The van der Waals surface area contributed by atoms with Crippen molar-refractivity contribution in [2.75, 3.05) is 5.32 Å². The van der Waals surface area contributed by atoms with Gasteiger partial charge in [-0.1, -0.05) is 25.2 Å². The van der Waals surface area contributed by atoms with Crippen LogP contribution in [0, 0.1) is 0 Å². The van der Waals surface area contributed by atoms with Gasteiger partial charge in [0, 0.05) is 4.88 Å².